The van der Waals surface area contributed by atoms with Gasteiger partial charge in [0, 0.05) is 11.0 Å². The van der Waals surface area contributed by atoms with E-state index in [9.17, 15) is 4.57 Å². The highest BCUT2D eigenvalue weighted by Gasteiger charge is 2.54. The van der Waals surface area contributed by atoms with Gasteiger partial charge in [0.1, 0.15) is 7.14 Å². The van der Waals surface area contributed by atoms with Gasteiger partial charge < -0.3 is 4.57 Å². The molecule has 0 spiro atoms. The average molecular weight is 246 g/mol. The summed E-state index contributed by atoms with van der Waals surface area (Å²) in [4.78, 5) is 0. The van der Waals surface area contributed by atoms with Crippen molar-refractivity contribution in [2.45, 2.75) is 38.8 Å². The van der Waals surface area contributed by atoms with E-state index in [0.717, 1.165) is 11.7 Å². The van der Waals surface area contributed by atoms with E-state index in [0.29, 0.717) is 5.66 Å². The second kappa shape index (κ2) is 3.59. The minimum absolute atomic E-state index is 0.200. The first-order valence-corrected chi connectivity index (χ1v) is 8.27. The molecular formula is C15H19OP. The quantitative estimate of drug-likeness (QED) is 0.680. The molecule has 1 fully saturated rings. The Bertz CT molecular complexity index is 517. The third kappa shape index (κ3) is 1.42. The zero-order chi connectivity index (χ0) is 12.1. The average Bonchev–Trinajstić information content (AvgIpc) is 2.81. The van der Waals surface area contributed by atoms with Crippen molar-refractivity contribution in [1.82, 2.24) is 0 Å². The highest BCUT2D eigenvalue weighted by Crippen LogP contribution is 2.70. The van der Waals surface area contributed by atoms with Crippen LogP contribution in [0.25, 0.3) is 0 Å². The molecule has 90 valence electrons. The molecule has 17 heavy (non-hydrogen) atoms. The monoisotopic (exact) mass is 246 g/mol. The van der Waals surface area contributed by atoms with Gasteiger partial charge in [-0.3, -0.25) is 0 Å². The molecule has 0 aromatic heterocycles. The molecule has 2 heteroatoms. The van der Waals surface area contributed by atoms with Crippen LogP contribution in [0.4, 0.5) is 0 Å². The van der Waals surface area contributed by atoms with E-state index in [-0.39, 0.29) is 5.41 Å². The fourth-order valence-electron chi connectivity index (χ4n) is 3.66. The summed E-state index contributed by atoms with van der Waals surface area (Å²) in [5.74, 6) is 2.10. The first-order chi connectivity index (χ1) is 8.07. The first-order valence-electron chi connectivity index (χ1n) is 6.42. The van der Waals surface area contributed by atoms with E-state index in [1.54, 1.807) is 0 Å². The lowest BCUT2D eigenvalue weighted by atomic mass is 9.82. The summed E-state index contributed by atoms with van der Waals surface area (Å²) in [5, 5.41) is 1.05. The van der Waals surface area contributed by atoms with Gasteiger partial charge in [-0.2, -0.15) is 0 Å². The number of fused-ring (bicyclic) bond motifs is 1. The molecule has 0 saturated heterocycles. The van der Waals surface area contributed by atoms with Crippen molar-refractivity contribution < 1.29 is 4.57 Å². The Morgan fingerprint density at radius 1 is 1.29 bits per heavy atom. The normalized spacial score (nSPS) is 40.1. The summed E-state index contributed by atoms with van der Waals surface area (Å²) in [6.07, 6.45) is 3.55. The molecule has 1 aromatic rings. The molecule has 0 radical (unpaired) electrons. The Morgan fingerprint density at radius 2 is 2.00 bits per heavy atom. The molecule has 3 atom stereocenters. The van der Waals surface area contributed by atoms with Crippen LogP contribution in [-0.4, -0.2) is 5.66 Å². The van der Waals surface area contributed by atoms with E-state index in [1.807, 2.05) is 30.3 Å². The fraction of sp³-hybridized carbons (Fsp3) is 0.467. The van der Waals surface area contributed by atoms with E-state index >= 15 is 0 Å². The molecule has 0 N–H and O–H groups in total. The standard InChI is InChI=1S/C15H19OP/c1-12-11-17(16,13-7-4-3-5-8-13)14-9-6-10-15(12,14)2/h3-5,7-8,11,14H,6,9-10H2,1-2H3. The van der Waals surface area contributed by atoms with Gasteiger partial charge in [-0.1, -0.05) is 49.2 Å². The Hall–Kier alpha value is -0.810. The number of hydrogen-bond acceptors (Lipinski definition) is 1. The molecule has 1 nitrogen and oxygen atoms in total. The van der Waals surface area contributed by atoms with Crippen molar-refractivity contribution >= 4 is 12.4 Å². The highest BCUT2D eigenvalue weighted by molar-refractivity contribution is 7.75. The number of rotatable bonds is 1. The summed E-state index contributed by atoms with van der Waals surface area (Å²) < 4.78 is 13.4. The summed E-state index contributed by atoms with van der Waals surface area (Å²) >= 11 is 0. The van der Waals surface area contributed by atoms with E-state index in [2.05, 4.69) is 19.7 Å². The van der Waals surface area contributed by atoms with Crippen molar-refractivity contribution in [3.63, 3.8) is 0 Å². The Balaban J connectivity index is 2.14. The fourth-order valence-corrected chi connectivity index (χ4v) is 7.61. The van der Waals surface area contributed by atoms with Crippen LogP contribution in [0.2, 0.25) is 0 Å². The molecule has 3 rings (SSSR count). The largest absolute Gasteiger partial charge is 0.314 e. The molecule has 0 amide bonds. The smallest absolute Gasteiger partial charge is 0.140 e. The van der Waals surface area contributed by atoms with E-state index < -0.39 is 7.14 Å². The molecule has 0 bridgehead atoms. The summed E-state index contributed by atoms with van der Waals surface area (Å²) in [5.41, 5.74) is 1.91. The minimum atomic E-state index is -2.31. The molecule has 1 aliphatic heterocycles. The topological polar surface area (TPSA) is 17.1 Å². The van der Waals surface area contributed by atoms with Crippen molar-refractivity contribution in [1.29, 1.82) is 0 Å². The van der Waals surface area contributed by atoms with Crippen LogP contribution in [0.1, 0.15) is 33.1 Å². The zero-order valence-electron chi connectivity index (χ0n) is 10.5. The van der Waals surface area contributed by atoms with Crippen molar-refractivity contribution in [2.24, 2.45) is 5.41 Å². The van der Waals surface area contributed by atoms with Gasteiger partial charge >= 0.3 is 0 Å². The predicted molar refractivity (Wildman–Crippen MR) is 73.2 cm³/mol. The third-order valence-electron chi connectivity index (χ3n) is 4.82. The van der Waals surface area contributed by atoms with Crippen LogP contribution in [0.15, 0.2) is 41.7 Å². The van der Waals surface area contributed by atoms with Crippen LogP contribution >= 0.6 is 7.14 Å². The molecular weight excluding hydrogens is 227 g/mol. The number of benzene rings is 1. The minimum Gasteiger partial charge on any atom is -0.314 e. The first kappa shape index (κ1) is 11.3. The van der Waals surface area contributed by atoms with Gasteiger partial charge in [-0.25, -0.2) is 0 Å². The van der Waals surface area contributed by atoms with Crippen molar-refractivity contribution in [2.75, 3.05) is 0 Å². The second-order valence-electron chi connectivity index (χ2n) is 5.68. The lowest BCUT2D eigenvalue weighted by Crippen LogP contribution is -2.25. The summed E-state index contributed by atoms with van der Waals surface area (Å²) in [6.45, 7) is 4.47. The maximum absolute atomic E-state index is 13.4. The molecule has 1 aliphatic carbocycles. The van der Waals surface area contributed by atoms with Crippen LogP contribution in [-0.2, 0) is 4.57 Å². The van der Waals surface area contributed by atoms with Gasteiger partial charge in [-0.05, 0) is 31.0 Å². The molecule has 1 heterocycles. The SMILES string of the molecule is CC1=CP(=O)(c2ccccc2)C2CCCC12C. The van der Waals surface area contributed by atoms with Crippen molar-refractivity contribution in [3.05, 3.63) is 41.7 Å². The van der Waals surface area contributed by atoms with Gasteiger partial charge in [0.2, 0.25) is 0 Å². The second-order valence-corrected chi connectivity index (χ2v) is 8.50. The maximum atomic E-state index is 13.4. The van der Waals surface area contributed by atoms with Gasteiger partial charge in [0.25, 0.3) is 0 Å². The number of allylic oxidation sites excluding steroid dienone is 1. The van der Waals surface area contributed by atoms with E-state index in [1.165, 1.54) is 18.4 Å². The molecule has 2 aliphatic rings. The lowest BCUT2D eigenvalue weighted by Gasteiger charge is -2.29. The lowest BCUT2D eigenvalue weighted by molar-refractivity contribution is 0.423. The van der Waals surface area contributed by atoms with Crippen LogP contribution in [0.5, 0.6) is 0 Å². The van der Waals surface area contributed by atoms with Crippen LogP contribution in [0, 0.1) is 5.41 Å². The van der Waals surface area contributed by atoms with Crippen molar-refractivity contribution in [3.8, 4) is 0 Å². The summed E-state index contributed by atoms with van der Waals surface area (Å²) in [7, 11) is -2.31. The van der Waals surface area contributed by atoms with Gasteiger partial charge in [0.15, 0.2) is 0 Å². The Kier molecular flexibility index (Phi) is 2.38. The molecule has 3 unspecified atom stereocenters. The number of hydrogen-bond donors (Lipinski definition) is 0. The maximum Gasteiger partial charge on any atom is 0.140 e. The molecule has 1 aromatic carbocycles. The Morgan fingerprint density at radius 3 is 2.71 bits per heavy atom. The third-order valence-corrected chi connectivity index (χ3v) is 8.45. The Labute approximate surface area is 103 Å². The highest BCUT2D eigenvalue weighted by atomic mass is 31.2. The summed E-state index contributed by atoms with van der Waals surface area (Å²) in [6, 6.07) is 10.1. The van der Waals surface area contributed by atoms with Crippen LogP contribution < -0.4 is 5.30 Å². The van der Waals surface area contributed by atoms with Gasteiger partial charge in [-0.15, -0.1) is 0 Å². The zero-order valence-corrected chi connectivity index (χ0v) is 11.4. The van der Waals surface area contributed by atoms with E-state index in [4.69, 9.17) is 0 Å². The van der Waals surface area contributed by atoms with Crippen LogP contribution in [0.3, 0.4) is 0 Å². The predicted octanol–water partition coefficient (Wildman–Crippen LogP) is 4.15. The van der Waals surface area contributed by atoms with Gasteiger partial charge in [0.05, 0.1) is 0 Å². The molecule has 1 saturated carbocycles.